The summed E-state index contributed by atoms with van der Waals surface area (Å²) in [5, 5.41) is 8.33. The third kappa shape index (κ3) is 26.4. The van der Waals surface area contributed by atoms with Gasteiger partial charge in [-0.25, -0.2) is 0 Å². The van der Waals surface area contributed by atoms with Gasteiger partial charge in [-0.2, -0.15) is 0 Å². The number of amides is 2. The van der Waals surface area contributed by atoms with Gasteiger partial charge in [-0.15, -0.1) is 0 Å². The first-order valence-electron chi connectivity index (χ1n) is 41.2. The summed E-state index contributed by atoms with van der Waals surface area (Å²) in [5.74, 6) is -10.0. The summed E-state index contributed by atoms with van der Waals surface area (Å²) in [6.07, 6.45) is -52.3. The largest absolute Gasteiger partial charge is 0.463 e. The van der Waals surface area contributed by atoms with Crippen molar-refractivity contribution in [3.8, 4) is 0 Å². The molecule has 131 heavy (non-hydrogen) atoms. The Balaban J connectivity index is 1.03. The van der Waals surface area contributed by atoms with Crippen molar-refractivity contribution >= 4 is 100 Å². The molecule has 14 unspecified atom stereocenters. The molecule has 8 aliphatic rings. The molecule has 8 heterocycles. The number of rotatable bonds is 42. The number of halogens is 3. The van der Waals surface area contributed by atoms with Crippen molar-refractivity contribution in [2.75, 3.05) is 139 Å². The van der Waals surface area contributed by atoms with Crippen LogP contribution in [0.25, 0.3) is 0 Å². The average Bonchev–Trinajstić information content (AvgIpc) is 1.73. The Bertz CT molecular complexity index is 3910. The fourth-order valence-electron chi connectivity index (χ4n) is 16.8. The van der Waals surface area contributed by atoms with Crippen LogP contribution in [0.5, 0.6) is 0 Å². The van der Waals surface area contributed by atoms with Crippen LogP contribution in [0.4, 0.5) is 0 Å². The molecule has 0 radical (unpaired) electrons. The minimum atomic E-state index is -2.33. The fourth-order valence-corrected chi connectivity index (χ4v) is 17.0. The van der Waals surface area contributed by atoms with Gasteiger partial charge in [-0.05, 0) is 12.1 Å². The third-order valence-corrected chi connectivity index (χ3v) is 22.7. The van der Waals surface area contributed by atoms with Crippen LogP contribution in [0.1, 0.15) is 76.1 Å². The molecule has 1 N–H and O–H groups in total. The van der Waals surface area contributed by atoms with Crippen LogP contribution in [0.3, 0.4) is 0 Å². The Morgan fingerprint density at radius 3 is 0.779 bits per heavy atom. The Labute approximate surface area is 769 Å². The molecule has 0 saturated carbocycles. The van der Waals surface area contributed by atoms with Gasteiger partial charge in [-0.1, -0.05) is 46.9 Å². The first-order chi connectivity index (χ1) is 62.4. The lowest BCUT2D eigenvalue weighted by Crippen LogP contribution is -2.70. The highest BCUT2D eigenvalue weighted by molar-refractivity contribution is 6.76. The standard InChI is InChI=1S/C81H117Cl3N2O45/c1-33(87)110-30-47-54(61(104-16)68(109-21)77(122-47)131-80(85)81(82,83)84)129-76-67(108-20)60(103-15)53(46(121-76)29-99-11)128-75-66(107-19)59(102-14)52(45(120-75)28-98-10)127-74-65(106-18)58(101-13)51(44(119-74)27-97-9)126-73-64(105-17)57(100-12)50(43(118-73)26-86-71(95)41-24-22-23-25-42(41)72(86)96)125-78-70(117-40(8)94)63(115-38(6)92)56(49(124-78)32-112-35(3)89)130-79-69(116-39(7)93)62(114-37(5)91)55(113-36(4)90)48(123-79)31-111-34(2)88/h22-25,43-70,73-79,85H,26-32H2,1-21H3/t43?,44?,45-,46-,47?,48-,49-,50+,51+,52+,53+,54+,55-,56+,57-,58-,59?,60?,61-,62?,63?,64?,65?,66?,67?,68?,69?,70?,73+,74-,75-,76-,77-,78-,79+/m0/s1. The second-order valence-electron chi connectivity index (χ2n) is 30.8. The molecule has 1 aromatic carbocycles. The number of nitrogens with one attached hydrogen (secondary N) is 1. The summed E-state index contributed by atoms with van der Waals surface area (Å²) in [5.41, 5.74) is 0.0240. The highest BCUT2D eigenvalue weighted by Crippen LogP contribution is 2.44. The first-order valence-corrected chi connectivity index (χ1v) is 42.3. The number of fused-ring (bicyclic) bond motifs is 1. The molecule has 742 valence electrons. The molecule has 0 bridgehead atoms. The molecule has 1 aromatic rings. The molecule has 0 aromatic heterocycles. The summed E-state index contributed by atoms with van der Waals surface area (Å²) in [7, 11) is 17.6. The van der Waals surface area contributed by atoms with Gasteiger partial charge in [0.25, 0.3) is 15.6 Å². The van der Waals surface area contributed by atoms with E-state index in [2.05, 4.69) is 0 Å². The van der Waals surface area contributed by atoms with Gasteiger partial charge in [-0.3, -0.25) is 58.3 Å². The summed E-state index contributed by atoms with van der Waals surface area (Å²) < 4.78 is 216. The third-order valence-electron chi connectivity index (χ3n) is 22.2. The molecule has 7 fully saturated rings. The number of methoxy groups -OCH3 is 13. The average molecular weight is 1950 g/mol. The number of hydrogen-bond acceptors (Lipinski definition) is 46. The second kappa shape index (κ2) is 50.0. The SMILES string of the molecule is COCC1O[C@@H](O[C@H]2C(OC)C(OC)[C@H](O[C@H]3C(OC)C(OC)[C@H](O[C@@H]4C(COC(C)=O)O[C@@H](OC(=N)C(Cl)(Cl)Cl)C(OC)[C@H]4OC)O[C@H]3COC)O[C@H]2COC)C(OC)[C@@H](OC)[C@@H]1O[C@H]1OC(CN2C(=O)c3ccccc3C2=O)[C@@H](O[C@@H]2O[C@@H](COC(C)=O)[C@@H](O[C@H]3O[C@@H](COC(C)=O)[C@H](OC(C)=O)C(OC(C)=O)C3OC(C)=O)C(OC(C)=O)C2OC(C)=O)[C@H](OC)C1OC. The fraction of sp³-hybridized carbons (Fsp3) is 0.790. The Morgan fingerprint density at radius 2 is 0.511 bits per heavy atom. The van der Waals surface area contributed by atoms with Crippen molar-refractivity contribution in [3.05, 3.63) is 35.4 Å². The normalized spacial score (nSPS) is 36.7. The van der Waals surface area contributed by atoms with Crippen molar-refractivity contribution in [3.63, 3.8) is 0 Å². The highest BCUT2D eigenvalue weighted by atomic mass is 35.6. The molecule has 50 heteroatoms. The van der Waals surface area contributed by atoms with Gasteiger partial charge >= 0.3 is 47.8 Å². The predicted octanol–water partition coefficient (Wildman–Crippen LogP) is 0.469. The summed E-state index contributed by atoms with van der Waals surface area (Å²) in [6, 6.07) is 5.97. The maximum Gasteiger partial charge on any atom is 0.303 e. The number of alkyl halides is 3. The van der Waals surface area contributed by atoms with Crippen molar-refractivity contribution in [1.82, 2.24) is 4.90 Å². The van der Waals surface area contributed by atoms with E-state index in [1.807, 2.05) is 0 Å². The van der Waals surface area contributed by atoms with E-state index in [1.54, 1.807) is 12.1 Å². The van der Waals surface area contributed by atoms with Gasteiger partial charge in [0.2, 0.25) is 12.2 Å². The molecule has 2 amide bonds. The maximum atomic E-state index is 14.6. The van der Waals surface area contributed by atoms with Crippen molar-refractivity contribution in [1.29, 1.82) is 5.41 Å². The quantitative estimate of drug-likeness (QED) is 0.0232. The number of ether oxygens (including phenoxy) is 35. The number of carbonyl (C=O) groups is 10. The molecule has 8 aliphatic heterocycles. The van der Waals surface area contributed by atoms with Crippen LogP contribution in [-0.2, 0) is 204 Å². The van der Waals surface area contributed by atoms with Crippen LogP contribution in [0, 0.1) is 5.41 Å². The Morgan fingerprint density at radius 1 is 0.290 bits per heavy atom. The first kappa shape index (κ1) is 108. The summed E-state index contributed by atoms with van der Waals surface area (Å²) >= 11 is 18.0. The van der Waals surface area contributed by atoms with Crippen molar-refractivity contribution in [2.24, 2.45) is 0 Å². The molecule has 47 nitrogen and oxygen atoms in total. The topological polar surface area (TPSA) is 521 Å². The smallest absolute Gasteiger partial charge is 0.303 e. The molecule has 0 aliphatic carbocycles. The van der Waals surface area contributed by atoms with E-state index < -0.39 is 311 Å². The minimum absolute atomic E-state index is 0.0120. The van der Waals surface area contributed by atoms with E-state index in [1.165, 1.54) is 111 Å². The highest BCUT2D eigenvalue weighted by Gasteiger charge is 2.64. The lowest BCUT2D eigenvalue weighted by Gasteiger charge is -2.52. The Hall–Kier alpha value is -6.58. The lowest BCUT2D eigenvalue weighted by atomic mass is 9.94. The van der Waals surface area contributed by atoms with Crippen LogP contribution < -0.4 is 0 Å². The summed E-state index contributed by atoms with van der Waals surface area (Å²) in [6.45, 7) is 4.72. The van der Waals surface area contributed by atoms with Crippen LogP contribution in [0.15, 0.2) is 24.3 Å². The zero-order valence-corrected chi connectivity index (χ0v) is 78.2. The molecule has 35 atom stereocenters. The molecular weight excluding hydrogens is 1830 g/mol. The van der Waals surface area contributed by atoms with Gasteiger partial charge in [0.15, 0.2) is 68.3 Å². The summed E-state index contributed by atoms with van der Waals surface area (Å²) in [4.78, 5) is 134. The predicted molar refractivity (Wildman–Crippen MR) is 432 cm³/mol. The second-order valence-corrected chi connectivity index (χ2v) is 33.0. The van der Waals surface area contributed by atoms with E-state index in [4.69, 9.17) is 206 Å². The van der Waals surface area contributed by atoms with Crippen molar-refractivity contribution < 1.29 is 214 Å². The van der Waals surface area contributed by atoms with Gasteiger partial charge in [0, 0.05) is 148 Å². The zero-order valence-electron chi connectivity index (χ0n) is 75.9. The number of carbonyl (C=O) groups excluding carboxylic acids is 10. The number of nitrogens with zero attached hydrogens (tertiary/aromatic N) is 1. The van der Waals surface area contributed by atoms with Gasteiger partial charge < -0.3 is 166 Å². The van der Waals surface area contributed by atoms with E-state index in [0.717, 1.165) is 53.4 Å². The lowest BCUT2D eigenvalue weighted by molar-refractivity contribution is -0.402. The number of hydrogen-bond donors (Lipinski definition) is 1. The molecule has 7 saturated heterocycles. The minimum Gasteiger partial charge on any atom is -0.463 e. The molecule has 0 spiro atoms. The number of imide groups is 1. The van der Waals surface area contributed by atoms with E-state index in [-0.39, 0.29) is 30.9 Å². The van der Waals surface area contributed by atoms with E-state index in [9.17, 15) is 47.9 Å². The number of esters is 8. The number of benzene rings is 1. The van der Waals surface area contributed by atoms with Crippen LogP contribution >= 0.6 is 34.8 Å². The van der Waals surface area contributed by atoms with E-state index >= 15 is 0 Å². The monoisotopic (exact) mass is 1940 g/mol. The Kier molecular flexibility index (Phi) is 41.2. The molecular formula is C81H117Cl3N2O45. The van der Waals surface area contributed by atoms with Gasteiger partial charge in [0.1, 0.15) is 160 Å². The van der Waals surface area contributed by atoms with Crippen LogP contribution in [-0.4, -0.2) is 428 Å². The van der Waals surface area contributed by atoms with Crippen molar-refractivity contribution in [2.45, 2.75) is 274 Å². The van der Waals surface area contributed by atoms with Gasteiger partial charge in [0.05, 0.1) is 37.5 Å². The zero-order chi connectivity index (χ0) is 96.3. The maximum absolute atomic E-state index is 14.6. The van der Waals surface area contributed by atoms with Crippen LogP contribution in [0.2, 0.25) is 0 Å². The van der Waals surface area contributed by atoms with E-state index in [0.29, 0.717) is 0 Å². The molecule has 9 rings (SSSR count).